The molecule has 2 N–H and O–H groups in total. The number of rotatable bonds is 5. The maximum Gasteiger partial charge on any atom is 0.143 e. The fourth-order valence-electron chi connectivity index (χ4n) is 7.61. The number of benzene rings is 7. The fourth-order valence-corrected chi connectivity index (χ4v) is 7.61. The minimum absolute atomic E-state index is 0.111. The summed E-state index contributed by atoms with van der Waals surface area (Å²) in [6.45, 7) is 0. The third-order valence-corrected chi connectivity index (χ3v) is 10.1. The second-order valence-electron chi connectivity index (χ2n) is 13.2. The Morgan fingerprint density at radius 3 is 2.13 bits per heavy atom. The molecule has 0 aliphatic carbocycles. The van der Waals surface area contributed by atoms with Crippen LogP contribution in [0.4, 0.5) is 0 Å². The third-order valence-electron chi connectivity index (χ3n) is 10.1. The number of amidine groups is 1. The number of furan rings is 1. The molecule has 0 spiro atoms. The largest absolute Gasteiger partial charge is 0.455 e. The van der Waals surface area contributed by atoms with Gasteiger partial charge in [0.2, 0.25) is 0 Å². The number of nitrogens with one attached hydrogen (secondary N) is 2. The van der Waals surface area contributed by atoms with E-state index in [0.717, 1.165) is 83.1 Å². The van der Waals surface area contributed by atoms with Gasteiger partial charge in [0.1, 0.15) is 29.3 Å². The van der Waals surface area contributed by atoms with E-state index in [9.17, 15) is 5.26 Å². The standard InChI is InChI=1S/C46H31N5O/c47-28-29-18-25-40-39(26-29)36-24-21-33(35-15-9-16-38-37-14-7-8-17-42(37)52-43(35)38)27-41(36)51(40)34-22-19-32(20-23-34)46-49-44(30-10-3-1-4-11-30)48-45(50-46)31-12-5-2-6-13-31/h1-27,44-45,48H,(H,49,50). The van der Waals surface area contributed by atoms with E-state index in [-0.39, 0.29) is 12.3 Å². The molecule has 0 fully saturated rings. The Morgan fingerprint density at radius 2 is 1.33 bits per heavy atom. The zero-order valence-corrected chi connectivity index (χ0v) is 28.0. The van der Waals surface area contributed by atoms with E-state index in [4.69, 9.17) is 9.41 Å². The Bertz CT molecular complexity index is 2860. The highest BCUT2D eigenvalue weighted by Crippen LogP contribution is 2.39. The molecule has 0 amide bonds. The van der Waals surface area contributed by atoms with Crippen LogP contribution in [0, 0.1) is 11.3 Å². The van der Waals surface area contributed by atoms with Crippen LogP contribution in [0.15, 0.2) is 173 Å². The van der Waals surface area contributed by atoms with Crippen molar-refractivity contribution in [2.45, 2.75) is 12.3 Å². The van der Waals surface area contributed by atoms with Crippen LogP contribution in [0.25, 0.3) is 60.6 Å². The average Bonchev–Trinajstić information content (AvgIpc) is 3.76. The van der Waals surface area contributed by atoms with Gasteiger partial charge in [0, 0.05) is 38.4 Å². The van der Waals surface area contributed by atoms with E-state index >= 15 is 0 Å². The minimum Gasteiger partial charge on any atom is -0.455 e. The van der Waals surface area contributed by atoms with Crippen molar-refractivity contribution >= 4 is 49.6 Å². The summed E-state index contributed by atoms with van der Waals surface area (Å²) in [5.74, 6) is 0.829. The van der Waals surface area contributed by atoms with Gasteiger partial charge in [-0.05, 0) is 71.3 Å². The molecule has 0 saturated heterocycles. The summed E-state index contributed by atoms with van der Waals surface area (Å²) in [5.41, 5.74) is 10.8. The zero-order chi connectivity index (χ0) is 34.6. The molecule has 2 aromatic heterocycles. The van der Waals surface area contributed by atoms with Crippen LogP contribution in [0.2, 0.25) is 0 Å². The summed E-state index contributed by atoms with van der Waals surface area (Å²) >= 11 is 0. The molecule has 7 aromatic carbocycles. The lowest BCUT2D eigenvalue weighted by atomic mass is 10.0. The van der Waals surface area contributed by atoms with Gasteiger partial charge in [0.25, 0.3) is 0 Å². The molecular weight excluding hydrogens is 639 g/mol. The summed E-state index contributed by atoms with van der Waals surface area (Å²) in [7, 11) is 0. The van der Waals surface area contributed by atoms with Crippen molar-refractivity contribution in [2.75, 3.05) is 0 Å². The van der Waals surface area contributed by atoms with E-state index in [2.05, 4.69) is 130 Å². The van der Waals surface area contributed by atoms with E-state index in [1.54, 1.807) is 0 Å². The van der Waals surface area contributed by atoms with Crippen LogP contribution in [0.1, 0.15) is 34.6 Å². The summed E-state index contributed by atoms with van der Waals surface area (Å²) in [6, 6.07) is 58.7. The predicted molar refractivity (Wildman–Crippen MR) is 209 cm³/mol. The molecule has 246 valence electrons. The van der Waals surface area contributed by atoms with E-state index in [0.29, 0.717) is 5.56 Å². The molecule has 0 saturated carbocycles. The number of nitriles is 1. The van der Waals surface area contributed by atoms with Crippen LogP contribution in [0.5, 0.6) is 0 Å². The first kappa shape index (κ1) is 29.9. The van der Waals surface area contributed by atoms with Crippen LogP contribution in [-0.4, -0.2) is 10.4 Å². The zero-order valence-electron chi connectivity index (χ0n) is 28.0. The molecule has 6 nitrogen and oxygen atoms in total. The smallest absolute Gasteiger partial charge is 0.143 e. The maximum absolute atomic E-state index is 9.79. The molecule has 3 heterocycles. The van der Waals surface area contributed by atoms with Gasteiger partial charge in [-0.25, -0.2) is 4.99 Å². The molecule has 52 heavy (non-hydrogen) atoms. The Balaban J connectivity index is 1.10. The fraction of sp³-hybridized carbons (Fsp3) is 0.0435. The molecule has 10 rings (SSSR count). The van der Waals surface area contributed by atoms with Crippen molar-refractivity contribution in [3.05, 3.63) is 186 Å². The first-order valence-electron chi connectivity index (χ1n) is 17.4. The Hall–Kier alpha value is -6.94. The molecular formula is C46H31N5O. The maximum atomic E-state index is 9.79. The van der Waals surface area contributed by atoms with Crippen molar-refractivity contribution in [1.82, 2.24) is 15.2 Å². The Labute approximate surface area is 299 Å². The summed E-state index contributed by atoms with van der Waals surface area (Å²) < 4.78 is 8.72. The summed E-state index contributed by atoms with van der Waals surface area (Å²) in [5, 5.41) is 21.4. The molecule has 2 unspecified atom stereocenters. The van der Waals surface area contributed by atoms with Crippen molar-refractivity contribution in [3.63, 3.8) is 0 Å². The topological polar surface area (TPSA) is 78.3 Å². The summed E-state index contributed by atoms with van der Waals surface area (Å²) in [6.07, 6.45) is -0.316. The number of hydrogen-bond acceptors (Lipinski definition) is 5. The number of fused-ring (bicyclic) bond motifs is 6. The van der Waals surface area contributed by atoms with Crippen LogP contribution in [0.3, 0.4) is 0 Å². The number of hydrogen-bond donors (Lipinski definition) is 2. The molecule has 1 aliphatic heterocycles. The lowest BCUT2D eigenvalue weighted by Crippen LogP contribution is -2.44. The van der Waals surface area contributed by atoms with Gasteiger partial charge in [0.15, 0.2) is 0 Å². The Morgan fingerprint density at radius 1 is 0.596 bits per heavy atom. The molecule has 6 heteroatoms. The van der Waals surface area contributed by atoms with E-state index < -0.39 is 0 Å². The molecule has 1 aliphatic rings. The van der Waals surface area contributed by atoms with Gasteiger partial charge >= 0.3 is 0 Å². The molecule has 0 bridgehead atoms. The van der Waals surface area contributed by atoms with Crippen LogP contribution < -0.4 is 10.6 Å². The summed E-state index contributed by atoms with van der Waals surface area (Å²) in [4.78, 5) is 5.14. The van der Waals surface area contributed by atoms with Crippen molar-refractivity contribution in [2.24, 2.45) is 4.99 Å². The highest BCUT2D eigenvalue weighted by atomic mass is 16.3. The monoisotopic (exact) mass is 669 g/mol. The normalized spacial score (nSPS) is 15.9. The number of aliphatic imine (C=N–C) groups is 1. The number of aromatic nitrogens is 1. The van der Waals surface area contributed by atoms with E-state index in [1.807, 2.05) is 54.6 Å². The minimum atomic E-state index is -0.205. The van der Waals surface area contributed by atoms with Gasteiger partial charge in [-0.1, -0.05) is 109 Å². The van der Waals surface area contributed by atoms with Gasteiger partial charge < -0.3 is 14.3 Å². The lowest BCUT2D eigenvalue weighted by molar-refractivity contribution is 0.409. The van der Waals surface area contributed by atoms with Gasteiger partial charge in [-0.2, -0.15) is 5.26 Å². The molecule has 0 radical (unpaired) electrons. The number of para-hydroxylation sites is 2. The van der Waals surface area contributed by atoms with Gasteiger partial charge in [-0.3, -0.25) is 5.32 Å². The van der Waals surface area contributed by atoms with Crippen molar-refractivity contribution < 1.29 is 4.42 Å². The van der Waals surface area contributed by atoms with Crippen molar-refractivity contribution in [1.29, 1.82) is 5.26 Å². The lowest BCUT2D eigenvalue weighted by Gasteiger charge is -2.32. The van der Waals surface area contributed by atoms with Crippen LogP contribution in [-0.2, 0) is 0 Å². The average molecular weight is 670 g/mol. The first-order chi connectivity index (χ1) is 25.7. The third kappa shape index (κ3) is 4.95. The predicted octanol–water partition coefficient (Wildman–Crippen LogP) is 10.6. The first-order valence-corrected chi connectivity index (χ1v) is 17.4. The quantitative estimate of drug-likeness (QED) is 0.191. The van der Waals surface area contributed by atoms with Crippen molar-refractivity contribution in [3.8, 4) is 22.9 Å². The van der Waals surface area contributed by atoms with Gasteiger partial charge in [0.05, 0.1) is 22.7 Å². The SMILES string of the molecule is N#Cc1ccc2c(c1)c1ccc(-c3cccc4c3oc3ccccc34)cc1n2-c1ccc(C2=NC(c3ccccc3)NC(c3ccccc3)N2)cc1. The number of nitrogens with zero attached hydrogens (tertiary/aromatic N) is 3. The van der Waals surface area contributed by atoms with Gasteiger partial charge in [-0.15, -0.1) is 0 Å². The second kappa shape index (κ2) is 12.1. The highest BCUT2D eigenvalue weighted by molar-refractivity contribution is 6.13. The van der Waals surface area contributed by atoms with E-state index in [1.165, 1.54) is 0 Å². The van der Waals surface area contributed by atoms with Crippen LogP contribution >= 0.6 is 0 Å². The highest BCUT2D eigenvalue weighted by Gasteiger charge is 2.25. The Kier molecular flexibility index (Phi) is 6.98. The molecule has 2 atom stereocenters. The molecule has 9 aromatic rings. The second-order valence-corrected chi connectivity index (χ2v) is 13.2.